The predicted octanol–water partition coefficient (Wildman–Crippen LogP) is 21.3. The van der Waals surface area contributed by atoms with Crippen LogP contribution in [0.3, 0.4) is 0 Å². The van der Waals surface area contributed by atoms with Crippen molar-refractivity contribution in [1.82, 2.24) is 0 Å². The molecule has 0 radical (unpaired) electrons. The topological polar surface area (TPSA) is 237 Å². The molecule has 0 spiro atoms. The molecule has 0 rings (SSSR count). The molecule has 3 unspecified atom stereocenters. The Morgan fingerprint density at radius 3 is 0.667 bits per heavy atom. The third-order valence-electron chi connectivity index (χ3n) is 17.1. The van der Waals surface area contributed by atoms with Crippen molar-refractivity contribution in [3.63, 3.8) is 0 Å². The molecule has 0 amide bonds. The van der Waals surface area contributed by atoms with Gasteiger partial charge in [-0.2, -0.15) is 0 Å². The molecule has 0 heterocycles. The third kappa shape index (κ3) is 68.4. The molecule has 0 bridgehead atoms. The average Bonchev–Trinajstić information content (AvgIpc) is 3.06. The molecule has 5 atom stereocenters. The summed E-state index contributed by atoms with van der Waals surface area (Å²) in [7, 11) is -9.91. The third-order valence-corrected chi connectivity index (χ3v) is 19.0. The van der Waals surface area contributed by atoms with Crippen LogP contribution in [-0.2, 0) is 65.4 Å². The minimum absolute atomic E-state index is 0.103. The van der Waals surface area contributed by atoms with E-state index in [0.29, 0.717) is 31.6 Å². The van der Waals surface area contributed by atoms with Gasteiger partial charge in [0.25, 0.3) is 0 Å². The Labute approximate surface area is 568 Å². The molecule has 0 aromatic rings. The number of esters is 4. The Morgan fingerprint density at radius 2 is 0.452 bits per heavy atom. The summed E-state index contributed by atoms with van der Waals surface area (Å²) < 4.78 is 68.4. The highest BCUT2D eigenvalue weighted by atomic mass is 31.2. The molecule has 19 heteroatoms. The number of ether oxygens (including phenoxy) is 4. The van der Waals surface area contributed by atoms with Gasteiger partial charge >= 0.3 is 39.5 Å². The summed E-state index contributed by atoms with van der Waals surface area (Å²) in [5.74, 6) is 0.876. The van der Waals surface area contributed by atoms with Crippen molar-refractivity contribution in [3.8, 4) is 0 Å². The molecule has 0 saturated carbocycles. The summed E-state index contributed by atoms with van der Waals surface area (Å²) in [4.78, 5) is 72.7. The van der Waals surface area contributed by atoms with E-state index in [-0.39, 0.29) is 25.7 Å². The highest BCUT2D eigenvalue weighted by molar-refractivity contribution is 7.47. The van der Waals surface area contributed by atoms with Gasteiger partial charge in [-0.1, -0.05) is 319 Å². The van der Waals surface area contributed by atoms with Crippen LogP contribution in [0, 0.1) is 23.7 Å². The van der Waals surface area contributed by atoms with Crippen molar-refractivity contribution in [2.45, 2.75) is 388 Å². The molecule has 3 N–H and O–H groups in total. The van der Waals surface area contributed by atoms with E-state index < -0.39 is 97.5 Å². The summed E-state index contributed by atoms with van der Waals surface area (Å²) in [5.41, 5.74) is 0. The molecule has 0 aliphatic carbocycles. The average molecular weight is 1370 g/mol. The van der Waals surface area contributed by atoms with Gasteiger partial charge in [0.1, 0.15) is 19.3 Å². The molecule has 0 aromatic heterocycles. The summed E-state index contributed by atoms with van der Waals surface area (Å²) >= 11 is 0. The second-order valence-corrected chi connectivity index (χ2v) is 31.5. The number of aliphatic hydroxyl groups is 1. The van der Waals surface area contributed by atoms with Crippen molar-refractivity contribution in [2.24, 2.45) is 23.7 Å². The highest BCUT2D eigenvalue weighted by Gasteiger charge is 2.30. The number of hydrogen-bond donors (Lipinski definition) is 3. The van der Waals surface area contributed by atoms with E-state index in [0.717, 1.165) is 114 Å². The molecule has 93 heavy (non-hydrogen) atoms. The number of aliphatic hydroxyl groups excluding tert-OH is 1. The predicted molar refractivity (Wildman–Crippen MR) is 377 cm³/mol. The molecule has 0 aliphatic rings. The minimum Gasteiger partial charge on any atom is -0.462 e. The van der Waals surface area contributed by atoms with E-state index in [1.807, 2.05) is 0 Å². The molecule has 17 nitrogen and oxygen atoms in total. The van der Waals surface area contributed by atoms with Gasteiger partial charge in [0, 0.05) is 25.7 Å². The van der Waals surface area contributed by atoms with Crippen molar-refractivity contribution in [3.05, 3.63) is 0 Å². The molecular weight excluding hydrogens is 1220 g/mol. The van der Waals surface area contributed by atoms with Crippen molar-refractivity contribution in [1.29, 1.82) is 0 Å². The van der Waals surface area contributed by atoms with Gasteiger partial charge in [0.05, 0.1) is 26.4 Å². The highest BCUT2D eigenvalue weighted by Crippen LogP contribution is 2.45. The lowest BCUT2D eigenvalue weighted by atomic mass is 10.0. The van der Waals surface area contributed by atoms with Gasteiger partial charge in [-0.3, -0.25) is 37.3 Å². The Balaban J connectivity index is 5.25. The molecule has 0 aromatic carbocycles. The minimum atomic E-state index is -4.96. The Kier molecular flexibility index (Phi) is 62.2. The first-order valence-electron chi connectivity index (χ1n) is 38.2. The summed E-state index contributed by atoms with van der Waals surface area (Å²) in [6.45, 7) is 14.1. The number of carbonyl (C=O) groups excluding carboxylic acids is 4. The van der Waals surface area contributed by atoms with Gasteiger partial charge in [0.15, 0.2) is 12.2 Å². The Morgan fingerprint density at radius 1 is 0.269 bits per heavy atom. The van der Waals surface area contributed by atoms with Crippen molar-refractivity contribution in [2.75, 3.05) is 39.6 Å². The number of phosphoric ester groups is 2. The first-order chi connectivity index (χ1) is 44.6. The zero-order valence-electron chi connectivity index (χ0n) is 60.9. The standard InChI is InChI=1S/C74H144O17P2/c1-64(2)50-42-34-26-19-15-11-9-13-17-21-30-38-46-54-71(76)84-60-69(90-73(78)56-48-40-31-22-18-14-10-12-16-20-27-35-43-51-65(3)4)62-88-92(80,81)86-58-68(75)59-87-93(82,83)89-63-70(61-85-72(77)55-47-39-33-25-29-37-45-53-67(7)8)91-74(79)57-49-41-32-24-23-28-36-44-52-66(5)6/h64-70,75H,9-63H2,1-8H3,(H,80,81)(H,82,83)/t68?,69-,70-/m1/s1. The molecule has 552 valence electrons. The largest absolute Gasteiger partial charge is 0.472 e. The maximum Gasteiger partial charge on any atom is 0.472 e. The van der Waals surface area contributed by atoms with Gasteiger partial charge in [-0.05, 0) is 49.4 Å². The first kappa shape index (κ1) is 91.1. The molecular formula is C74H144O17P2. The van der Waals surface area contributed by atoms with Crippen molar-refractivity contribution < 1.29 is 80.2 Å². The van der Waals surface area contributed by atoms with E-state index in [4.69, 9.17) is 37.0 Å². The second kappa shape index (κ2) is 63.5. The summed E-state index contributed by atoms with van der Waals surface area (Å²) in [5, 5.41) is 10.6. The van der Waals surface area contributed by atoms with E-state index in [1.165, 1.54) is 167 Å². The fraction of sp³-hybridized carbons (Fsp3) is 0.946. The zero-order valence-corrected chi connectivity index (χ0v) is 62.7. The van der Waals surface area contributed by atoms with Crippen LogP contribution in [0.5, 0.6) is 0 Å². The van der Waals surface area contributed by atoms with E-state index in [9.17, 15) is 43.2 Å². The lowest BCUT2D eigenvalue weighted by Crippen LogP contribution is -2.30. The molecule has 0 saturated heterocycles. The van der Waals surface area contributed by atoms with E-state index in [1.54, 1.807) is 0 Å². The van der Waals surface area contributed by atoms with Crippen LogP contribution in [0.15, 0.2) is 0 Å². The van der Waals surface area contributed by atoms with Crippen LogP contribution in [-0.4, -0.2) is 96.7 Å². The summed E-state index contributed by atoms with van der Waals surface area (Å²) in [6, 6.07) is 0. The lowest BCUT2D eigenvalue weighted by molar-refractivity contribution is -0.161. The molecule has 0 fully saturated rings. The number of carbonyl (C=O) groups is 4. The maximum atomic E-state index is 13.1. The van der Waals surface area contributed by atoms with Crippen LogP contribution in [0.4, 0.5) is 0 Å². The van der Waals surface area contributed by atoms with Gasteiger partial charge < -0.3 is 33.8 Å². The number of phosphoric acid groups is 2. The van der Waals surface area contributed by atoms with Crippen LogP contribution in [0.25, 0.3) is 0 Å². The van der Waals surface area contributed by atoms with Crippen LogP contribution in [0.1, 0.15) is 370 Å². The summed E-state index contributed by atoms with van der Waals surface area (Å²) in [6.07, 6.45) is 47.3. The normalized spacial score (nSPS) is 14.2. The fourth-order valence-electron chi connectivity index (χ4n) is 11.2. The van der Waals surface area contributed by atoms with Gasteiger partial charge in [0.2, 0.25) is 0 Å². The van der Waals surface area contributed by atoms with Crippen LogP contribution < -0.4 is 0 Å². The Hall–Kier alpha value is -1.94. The smallest absolute Gasteiger partial charge is 0.462 e. The maximum absolute atomic E-state index is 13.1. The first-order valence-corrected chi connectivity index (χ1v) is 41.2. The second-order valence-electron chi connectivity index (χ2n) is 28.6. The number of rotatable bonds is 71. The lowest BCUT2D eigenvalue weighted by Gasteiger charge is -2.21. The van der Waals surface area contributed by atoms with Crippen LogP contribution >= 0.6 is 15.6 Å². The van der Waals surface area contributed by atoms with Gasteiger partial charge in [-0.15, -0.1) is 0 Å². The zero-order chi connectivity index (χ0) is 68.9. The fourth-order valence-corrected chi connectivity index (χ4v) is 12.8. The SMILES string of the molecule is CC(C)CCCCCCCCCCCCCCCC(=O)OC[C@H](COP(=O)(O)OCC(O)COP(=O)(O)OC[C@@H](COC(=O)CCCCCCCCCC(C)C)OC(=O)CCCCCCCCCCC(C)C)OC(=O)CCCCCCCCCCCCCCCC(C)C. The van der Waals surface area contributed by atoms with E-state index >= 15 is 0 Å². The number of hydrogen-bond acceptors (Lipinski definition) is 15. The monoisotopic (exact) mass is 1370 g/mol. The van der Waals surface area contributed by atoms with E-state index in [2.05, 4.69) is 55.4 Å². The molecule has 0 aliphatic heterocycles. The quantitative estimate of drug-likeness (QED) is 0.0222. The van der Waals surface area contributed by atoms with Gasteiger partial charge in [-0.25, -0.2) is 9.13 Å². The van der Waals surface area contributed by atoms with Crippen LogP contribution in [0.2, 0.25) is 0 Å². The van der Waals surface area contributed by atoms with Crippen molar-refractivity contribution >= 4 is 39.5 Å². The Bertz CT molecular complexity index is 1830. The number of unbranched alkanes of at least 4 members (excludes halogenated alkanes) is 37.